The summed E-state index contributed by atoms with van der Waals surface area (Å²) in [6.45, 7) is 8.72. The Morgan fingerprint density at radius 1 is 0.906 bits per heavy atom. The maximum absolute atomic E-state index is 5.63. The molecule has 4 heteroatoms. The highest BCUT2D eigenvalue weighted by Gasteiger charge is 2.15. The number of nitrogens with zero attached hydrogens (tertiary/aromatic N) is 3. The van der Waals surface area contributed by atoms with Crippen LogP contribution in [0.15, 0.2) is 48.5 Å². The normalized spacial score (nSPS) is 17.6. The van der Waals surface area contributed by atoms with Gasteiger partial charge in [-0.3, -0.25) is 0 Å². The third-order valence-electron chi connectivity index (χ3n) is 6.27. The first-order valence-corrected chi connectivity index (χ1v) is 12.1. The molecule has 0 atom stereocenters. The van der Waals surface area contributed by atoms with Crippen molar-refractivity contribution in [1.29, 1.82) is 0 Å². The van der Waals surface area contributed by atoms with E-state index < -0.39 is 0 Å². The van der Waals surface area contributed by atoms with Crippen LogP contribution in [0.4, 0.5) is 11.5 Å². The highest BCUT2D eigenvalue weighted by molar-refractivity contribution is 5.89. The lowest BCUT2D eigenvalue weighted by Crippen LogP contribution is -2.12. The monoisotopic (exact) mass is 434 g/mol. The Bertz CT molecular complexity index is 943. The first kappa shape index (κ1) is 25.6. The van der Waals surface area contributed by atoms with Gasteiger partial charge in [0.1, 0.15) is 11.6 Å². The van der Waals surface area contributed by atoms with Crippen molar-refractivity contribution in [2.45, 2.75) is 66.2 Å². The summed E-state index contributed by atoms with van der Waals surface area (Å²) in [5.74, 6) is 3.88. The fourth-order valence-corrected chi connectivity index (χ4v) is 4.11. The zero-order valence-corrected chi connectivity index (χ0v) is 20.9. The molecule has 4 nitrogen and oxygen atoms in total. The summed E-state index contributed by atoms with van der Waals surface area (Å²) in [5, 5.41) is 1.10. The first-order valence-electron chi connectivity index (χ1n) is 12.1. The smallest absolute Gasteiger partial charge is 0.139 e. The van der Waals surface area contributed by atoms with Crippen molar-refractivity contribution in [2.24, 2.45) is 11.8 Å². The van der Waals surface area contributed by atoms with Crippen LogP contribution in [-0.2, 0) is 6.42 Å². The van der Waals surface area contributed by atoms with Crippen LogP contribution in [0.25, 0.3) is 10.9 Å². The summed E-state index contributed by atoms with van der Waals surface area (Å²) in [4.78, 5) is 10.8. The summed E-state index contributed by atoms with van der Waals surface area (Å²) in [6.07, 6.45) is 8.39. The van der Waals surface area contributed by atoms with Gasteiger partial charge in [0.05, 0.1) is 5.52 Å². The Morgan fingerprint density at radius 3 is 2.09 bits per heavy atom. The molecule has 1 aromatic heterocycles. The lowest BCUT2D eigenvalue weighted by atomic mass is 9.82. The largest absolute Gasteiger partial charge is 0.399 e. The van der Waals surface area contributed by atoms with Crippen molar-refractivity contribution >= 4 is 22.4 Å². The van der Waals surface area contributed by atoms with Crippen LogP contribution in [0, 0.1) is 18.8 Å². The number of rotatable bonds is 3. The van der Waals surface area contributed by atoms with Gasteiger partial charge in [0.2, 0.25) is 0 Å². The summed E-state index contributed by atoms with van der Waals surface area (Å²) >= 11 is 0. The van der Waals surface area contributed by atoms with E-state index in [0.717, 1.165) is 46.5 Å². The molecule has 3 aromatic rings. The molecule has 1 fully saturated rings. The maximum atomic E-state index is 5.63. The van der Waals surface area contributed by atoms with Crippen LogP contribution in [-0.4, -0.2) is 24.1 Å². The van der Waals surface area contributed by atoms with Gasteiger partial charge in [-0.25, -0.2) is 9.97 Å². The number of aryl methyl sites for hydroxylation is 2. The lowest BCUT2D eigenvalue weighted by molar-refractivity contribution is 0.284. The SMILES string of the molecule is CCC1CCC(C)CC1.CCc1ccccc1N.Cc1nc(N(C)C)c2ccccc2n1. The molecule has 0 spiro atoms. The van der Waals surface area contributed by atoms with Gasteiger partial charge in [0.25, 0.3) is 0 Å². The average molecular weight is 435 g/mol. The van der Waals surface area contributed by atoms with E-state index in [1.807, 2.05) is 68.4 Å². The highest BCUT2D eigenvalue weighted by atomic mass is 15.1. The molecule has 1 heterocycles. The summed E-state index contributed by atoms with van der Waals surface area (Å²) in [5.41, 5.74) is 8.77. The number of nitrogens with two attached hydrogens (primary N) is 1. The number of hydrogen-bond acceptors (Lipinski definition) is 4. The van der Waals surface area contributed by atoms with E-state index in [2.05, 4.69) is 36.8 Å². The van der Waals surface area contributed by atoms with Crippen molar-refractivity contribution in [1.82, 2.24) is 9.97 Å². The minimum Gasteiger partial charge on any atom is -0.399 e. The predicted octanol–water partition coefficient (Wildman–Crippen LogP) is 7.06. The molecule has 1 aliphatic carbocycles. The summed E-state index contributed by atoms with van der Waals surface area (Å²) in [7, 11) is 3.99. The Balaban J connectivity index is 0.000000178. The Kier molecular flexibility index (Phi) is 10.5. The Labute approximate surface area is 195 Å². The standard InChI is InChI=1S/C11H13N3.C9H18.C8H11N/c1-8-12-10-7-5-4-6-9(10)11(13-8)14(2)3;1-3-9-6-4-8(2)5-7-9;1-2-7-5-3-4-6-8(7)9/h4-7H,1-3H3;8-9H,3-7H2,1-2H3;3-6H,2,9H2,1H3. The van der Waals surface area contributed by atoms with Gasteiger partial charge in [-0.2, -0.15) is 0 Å². The zero-order valence-electron chi connectivity index (χ0n) is 20.9. The number of fused-ring (bicyclic) bond motifs is 1. The molecular formula is C28H42N4. The lowest BCUT2D eigenvalue weighted by Gasteiger charge is -2.24. The number of aromatic nitrogens is 2. The van der Waals surface area contributed by atoms with Crippen molar-refractivity contribution in [3.63, 3.8) is 0 Å². The molecule has 0 aliphatic heterocycles. The van der Waals surface area contributed by atoms with Crippen LogP contribution in [0.1, 0.15) is 64.3 Å². The fraction of sp³-hybridized carbons (Fsp3) is 0.500. The van der Waals surface area contributed by atoms with Gasteiger partial charge in [-0.05, 0) is 48.9 Å². The Hall–Kier alpha value is -2.62. The second-order valence-electron chi connectivity index (χ2n) is 9.09. The highest BCUT2D eigenvalue weighted by Crippen LogP contribution is 2.29. The van der Waals surface area contributed by atoms with Gasteiger partial charge in [0, 0.05) is 25.2 Å². The molecule has 0 amide bonds. The van der Waals surface area contributed by atoms with Crippen molar-refractivity contribution in [3.8, 4) is 0 Å². The molecule has 4 rings (SSSR count). The predicted molar refractivity (Wildman–Crippen MR) is 140 cm³/mol. The molecule has 1 saturated carbocycles. The molecule has 0 unspecified atom stereocenters. The van der Waals surface area contributed by atoms with Crippen molar-refractivity contribution in [2.75, 3.05) is 24.7 Å². The maximum Gasteiger partial charge on any atom is 0.139 e. The zero-order chi connectivity index (χ0) is 23.5. The molecule has 2 aromatic carbocycles. The van der Waals surface area contributed by atoms with E-state index in [0.29, 0.717) is 0 Å². The number of hydrogen-bond donors (Lipinski definition) is 1. The molecule has 0 bridgehead atoms. The average Bonchev–Trinajstić information content (AvgIpc) is 2.80. The van der Waals surface area contributed by atoms with Gasteiger partial charge in [-0.1, -0.05) is 83.2 Å². The molecule has 174 valence electrons. The van der Waals surface area contributed by atoms with Gasteiger partial charge in [0.15, 0.2) is 0 Å². The third-order valence-corrected chi connectivity index (χ3v) is 6.27. The quantitative estimate of drug-likeness (QED) is 0.448. The van der Waals surface area contributed by atoms with E-state index in [-0.39, 0.29) is 0 Å². The number of anilines is 2. The minimum atomic E-state index is 0.812. The van der Waals surface area contributed by atoms with Crippen LogP contribution in [0.5, 0.6) is 0 Å². The van der Waals surface area contributed by atoms with Gasteiger partial charge < -0.3 is 10.6 Å². The number of benzene rings is 2. The second-order valence-corrected chi connectivity index (χ2v) is 9.09. The molecule has 32 heavy (non-hydrogen) atoms. The van der Waals surface area contributed by atoms with E-state index >= 15 is 0 Å². The van der Waals surface area contributed by atoms with Crippen molar-refractivity contribution < 1.29 is 0 Å². The van der Waals surface area contributed by atoms with Crippen LogP contribution < -0.4 is 10.6 Å². The number of nitrogen functional groups attached to an aromatic ring is 1. The minimum absolute atomic E-state index is 0.812. The van der Waals surface area contributed by atoms with Crippen LogP contribution in [0.2, 0.25) is 0 Å². The summed E-state index contributed by atoms with van der Waals surface area (Å²) in [6, 6.07) is 16.0. The fourth-order valence-electron chi connectivity index (χ4n) is 4.11. The van der Waals surface area contributed by atoms with Crippen LogP contribution in [0.3, 0.4) is 0 Å². The molecule has 2 N–H and O–H groups in total. The summed E-state index contributed by atoms with van der Waals surface area (Å²) < 4.78 is 0. The molecule has 1 aliphatic rings. The topological polar surface area (TPSA) is 55.0 Å². The molecule has 0 radical (unpaired) electrons. The van der Waals surface area contributed by atoms with Crippen LogP contribution >= 0.6 is 0 Å². The second kappa shape index (κ2) is 13.0. The van der Waals surface area contributed by atoms with E-state index in [4.69, 9.17) is 5.73 Å². The number of para-hydroxylation sites is 2. The van der Waals surface area contributed by atoms with E-state index in [1.54, 1.807) is 0 Å². The first-order chi connectivity index (χ1) is 15.3. The van der Waals surface area contributed by atoms with Gasteiger partial charge >= 0.3 is 0 Å². The third kappa shape index (κ3) is 7.81. The van der Waals surface area contributed by atoms with Gasteiger partial charge in [-0.15, -0.1) is 0 Å². The van der Waals surface area contributed by atoms with E-state index in [1.165, 1.54) is 37.7 Å². The van der Waals surface area contributed by atoms with Crippen molar-refractivity contribution in [3.05, 3.63) is 59.9 Å². The van der Waals surface area contributed by atoms with E-state index in [9.17, 15) is 0 Å². The molecule has 0 saturated heterocycles. The molecular weight excluding hydrogens is 392 g/mol. The Morgan fingerprint density at radius 2 is 1.53 bits per heavy atom.